The third-order valence-electron chi connectivity index (χ3n) is 7.19. The van der Waals surface area contributed by atoms with Gasteiger partial charge in [0, 0.05) is 32.2 Å². The maximum absolute atomic E-state index is 13.0. The Hall–Kier alpha value is -2.78. The van der Waals surface area contributed by atoms with Crippen LogP contribution in [0.15, 0.2) is 41.2 Å². The zero-order valence-corrected chi connectivity index (χ0v) is 21.2. The van der Waals surface area contributed by atoms with E-state index in [0.717, 1.165) is 56.6 Å². The highest BCUT2D eigenvalue weighted by atomic mass is 32.1. The fourth-order valence-corrected chi connectivity index (χ4v) is 6.18. The van der Waals surface area contributed by atoms with Crippen LogP contribution in [-0.4, -0.2) is 64.7 Å². The van der Waals surface area contributed by atoms with Crippen LogP contribution in [0.4, 0.5) is 5.13 Å². The predicted molar refractivity (Wildman–Crippen MR) is 139 cm³/mol. The molecular weight excluding hydrogens is 460 g/mol. The highest BCUT2D eigenvalue weighted by Crippen LogP contribution is 2.27. The molecule has 186 valence electrons. The second kappa shape index (κ2) is 10.9. The number of nitrogens with zero attached hydrogens (tertiary/aromatic N) is 5. The smallest absolute Gasteiger partial charge is 0.274 e. The summed E-state index contributed by atoms with van der Waals surface area (Å²) < 4.78 is 1.53. The monoisotopic (exact) mass is 494 g/mol. The van der Waals surface area contributed by atoms with Crippen LogP contribution in [0.25, 0.3) is 4.96 Å². The Morgan fingerprint density at radius 1 is 1.14 bits per heavy atom. The molecule has 1 amide bonds. The SMILES string of the molecule is C[C@H]1CCCN(c2nn3c(C(=O)NCCN4CCC(Cc5ccccc5)CC4)cc(=O)nc3s2)C1. The number of carbonyl (C=O) groups excluding carboxylic acids is 1. The Morgan fingerprint density at radius 3 is 2.71 bits per heavy atom. The Kier molecular flexibility index (Phi) is 7.43. The molecule has 3 aromatic rings. The molecule has 2 aromatic heterocycles. The average molecular weight is 495 g/mol. The molecule has 2 aliphatic rings. The van der Waals surface area contributed by atoms with Gasteiger partial charge in [-0.1, -0.05) is 48.6 Å². The predicted octanol–water partition coefficient (Wildman–Crippen LogP) is 3.07. The van der Waals surface area contributed by atoms with E-state index in [2.05, 4.69) is 62.5 Å². The van der Waals surface area contributed by atoms with E-state index in [0.29, 0.717) is 17.4 Å². The fraction of sp³-hybridized carbons (Fsp3) is 0.538. The first-order valence-electron chi connectivity index (χ1n) is 12.8. The van der Waals surface area contributed by atoms with Gasteiger partial charge in [0.25, 0.3) is 11.5 Å². The Labute approximate surface area is 210 Å². The van der Waals surface area contributed by atoms with Gasteiger partial charge >= 0.3 is 0 Å². The van der Waals surface area contributed by atoms with Crippen molar-refractivity contribution in [1.82, 2.24) is 24.8 Å². The lowest BCUT2D eigenvalue weighted by molar-refractivity contribution is 0.0936. The van der Waals surface area contributed by atoms with E-state index in [1.165, 1.54) is 46.7 Å². The number of fused-ring (bicyclic) bond motifs is 1. The molecule has 1 aromatic carbocycles. The zero-order valence-electron chi connectivity index (χ0n) is 20.4. The molecule has 0 unspecified atom stereocenters. The standard InChI is InChI=1S/C26H34N6O2S/c1-19-6-5-12-31(18-19)26-29-32-22(17-23(33)28-25(32)35-26)24(34)27-11-15-30-13-9-21(10-14-30)16-20-7-3-2-4-8-20/h2-4,7-8,17,19,21H,5-6,9-16,18H2,1H3,(H,27,34)/t19-/m0/s1. The van der Waals surface area contributed by atoms with Crippen LogP contribution in [0, 0.1) is 11.8 Å². The molecule has 1 N–H and O–H groups in total. The van der Waals surface area contributed by atoms with Crippen molar-refractivity contribution in [2.75, 3.05) is 44.2 Å². The summed E-state index contributed by atoms with van der Waals surface area (Å²) in [7, 11) is 0. The zero-order chi connectivity index (χ0) is 24.2. The molecule has 0 radical (unpaired) electrons. The minimum Gasteiger partial charge on any atom is -0.349 e. The molecular formula is C26H34N6O2S. The molecule has 5 rings (SSSR count). The minimum atomic E-state index is -0.405. The molecule has 4 heterocycles. The highest BCUT2D eigenvalue weighted by molar-refractivity contribution is 7.20. The summed E-state index contributed by atoms with van der Waals surface area (Å²) in [5.74, 6) is 1.05. The Balaban J connectivity index is 1.15. The molecule has 2 fully saturated rings. The summed E-state index contributed by atoms with van der Waals surface area (Å²) in [5.41, 5.74) is 1.27. The molecule has 9 heteroatoms. The van der Waals surface area contributed by atoms with Crippen molar-refractivity contribution in [1.29, 1.82) is 0 Å². The average Bonchev–Trinajstić information content (AvgIpc) is 3.29. The van der Waals surface area contributed by atoms with Crippen molar-refractivity contribution < 1.29 is 4.79 Å². The summed E-state index contributed by atoms with van der Waals surface area (Å²) in [6, 6.07) is 12.0. The number of nitrogens with one attached hydrogen (secondary N) is 1. The van der Waals surface area contributed by atoms with Gasteiger partial charge in [0.05, 0.1) is 0 Å². The van der Waals surface area contributed by atoms with Crippen molar-refractivity contribution in [2.45, 2.75) is 39.0 Å². The second-order valence-corrected chi connectivity index (χ2v) is 10.9. The summed E-state index contributed by atoms with van der Waals surface area (Å²) >= 11 is 1.38. The number of likely N-dealkylation sites (tertiary alicyclic amines) is 1. The molecule has 0 bridgehead atoms. The van der Waals surface area contributed by atoms with E-state index >= 15 is 0 Å². The molecule has 2 saturated heterocycles. The molecule has 0 saturated carbocycles. The van der Waals surface area contributed by atoms with Crippen LogP contribution in [0.3, 0.4) is 0 Å². The second-order valence-electron chi connectivity index (χ2n) is 9.98. The van der Waals surface area contributed by atoms with E-state index < -0.39 is 5.56 Å². The van der Waals surface area contributed by atoms with Gasteiger partial charge in [-0.15, -0.1) is 5.10 Å². The number of aromatic nitrogens is 3. The van der Waals surface area contributed by atoms with E-state index in [4.69, 9.17) is 0 Å². The normalized spacial score (nSPS) is 19.8. The van der Waals surface area contributed by atoms with Crippen LogP contribution < -0.4 is 15.8 Å². The number of piperidine rings is 2. The lowest BCUT2D eigenvalue weighted by atomic mass is 9.90. The van der Waals surface area contributed by atoms with Gasteiger partial charge < -0.3 is 15.1 Å². The van der Waals surface area contributed by atoms with Crippen molar-refractivity contribution in [3.05, 3.63) is 58.0 Å². The number of carbonyl (C=O) groups is 1. The molecule has 1 atom stereocenters. The number of hydrogen-bond acceptors (Lipinski definition) is 7. The van der Waals surface area contributed by atoms with Crippen molar-refractivity contribution in [2.24, 2.45) is 11.8 Å². The first-order chi connectivity index (χ1) is 17.0. The third-order valence-corrected chi connectivity index (χ3v) is 8.16. The summed E-state index contributed by atoms with van der Waals surface area (Å²) in [4.78, 5) is 34.4. The van der Waals surface area contributed by atoms with Crippen LogP contribution in [0.2, 0.25) is 0 Å². The summed E-state index contributed by atoms with van der Waals surface area (Å²) in [6.45, 7) is 7.58. The Bertz CT molecular complexity index is 1200. The van der Waals surface area contributed by atoms with E-state index in [9.17, 15) is 9.59 Å². The third kappa shape index (κ3) is 5.90. The number of hydrogen-bond donors (Lipinski definition) is 1. The maximum atomic E-state index is 13.0. The topological polar surface area (TPSA) is 82.8 Å². The summed E-state index contributed by atoms with van der Waals surface area (Å²) in [5, 5.41) is 8.48. The minimum absolute atomic E-state index is 0.258. The highest BCUT2D eigenvalue weighted by Gasteiger charge is 2.23. The van der Waals surface area contributed by atoms with Crippen LogP contribution in [-0.2, 0) is 6.42 Å². The van der Waals surface area contributed by atoms with Gasteiger partial charge in [-0.25, -0.2) is 0 Å². The van der Waals surface area contributed by atoms with Crippen molar-refractivity contribution in [3.8, 4) is 0 Å². The van der Waals surface area contributed by atoms with Gasteiger partial charge in [-0.05, 0) is 62.6 Å². The molecule has 8 nitrogen and oxygen atoms in total. The van der Waals surface area contributed by atoms with Crippen molar-refractivity contribution in [3.63, 3.8) is 0 Å². The van der Waals surface area contributed by atoms with Crippen LogP contribution in [0.1, 0.15) is 48.7 Å². The summed E-state index contributed by atoms with van der Waals surface area (Å²) in [6.07, 6.45) is 5.85. The van der Waals surface area contributed by atoms with Crippen LogP contribution >= 0.6 is 11.3 Å². The number of anilines is 1. The van der Waals surface area contributed by atoms with Gasteiger partial charge in [0.1, 0.15) is 5.69 Å². The lowest BCUT2D eigenvalue weighted by Gasteiger charge is -2.32. The first-order valence-corrected chi connectivity index (χ1v) is 13.6. The van der Waals surface area contributed by atoms with Gasteiger partial charge in [-0.2, -0.15) is 9.50 Å². The number of amides is 1. The molecule has 0 spiro atoms. The maximum Gasteiger partial charge on any atom is 0.274 e. The quantitative estimate of drug-likeness (QED) is 0.544. The number of benzene rings is 1. The van der Waals surface area contributed by atoms with Crippen molar-refractivity contribution >= 4 is 27.3 Å². The molecule has 35 heavy (non-hydrogen) atoms. The molecule has 0 aliphatic carbocycles. The van der Waals surface area contributed by atoms with Gasteiger partial charge in [0.2, 0.25) is 10.1 Å². The van der Waals surface area contributed by atoms with E-state index in [1.54, 1.807) is 0 Å². The van der Waals surface area contributed by atoms with Gasteiger partial charge in [-0.3, -0.25) is 9.59 Å². The van der Waals surface area contributed by atoms with Gasteiger partial charge in [0.15, 0.2) is 0 Å². The lowest BCUT2D eigenvalue weighted by Crippen LogP contribution is -2.40. The fourth-order valence-electron chi connectivity index (χ4n) is 5.24. The van der Waals surface area contributed by atoms with E-state index in [-0.39, 0.29) is 11.6 Å². The van der Waals surface area contributed by atoms with E-state index in [1.807, 2.05) is 0 Å². The number of rotatable bonds is 7. The Morgan fingerprint density at radius 2 is 1.94 bits per heavy atom. The first kappa shape index (κ1) is 23.9. The largest absolute Gasteiger partial charge is 0.349 e. The molecule has 2 aliphatic heterocycles. The van der Waals surface area contributed by atoms with Crippen LogP contribution in [0.5, 0.6) is 0 Å².